The van der Waals surface area contributed by atoms with Gasteiger partial charge in [0.1, 0.15) is 11.3 Å². The average molecular weight is 349 g/mol. The minimum absolute atomic E-state index is 0.226. The summed E-state index contributed by atoms with van der Waals surface area (Å²) in [6.07, 6.45) is 0.729. The third-order valence-corrected chi connectivity index (χ3v) is 4.58. The zero-order valence-electron chi connectivity index (χ0n) is 16.5. The van der Waals surface area contributed by atoms with E-state index in [-0.39, 0.29) is 16.7 Å². The number of hydrogen-bond donors (Lipinski definition) is 1. The summed E-state index contributed by atoms with van der Waals surface area (Å²) in [5.74, 6) is 0.721. The maximum absolute atomic E-state index is 12.9. The molecule has 7 heteroatoms. The van der Waals surface area contributed by atoms with Crippen LogP contribution in [-0.2, 0) is 18.5 Å². The Morgan fingerprint density at radius 1 is 1.16 bits per heavy atom. The Balaban J connectivity index is 2.66. The Hall–Kier alpha value is -1.89. The van der Waals surface area contributed by atoms with E-state index in [1.165, 1.54) is 4.57 Å². The molecule has 2 aromatic rings. The Labute approximate surface area is 148 Å². The van der Waals surface area contributed by atoms with Crippen LogP contribution in [0.1, 0.15) is 53.8 Å². The molecule has 0 aromatic carbocycles. The van der Waals surface area contributed by atoms with E-state index in [2.05, 4.69) is 28.7 Å². The van der Waals surface area contributed by atoms with Crippen molar-refractivity contribution in [1.29, 1.82) is 0 Å². The molecular weight excluding hydrogens is 318 g/mol. The van der Waals surface area contributed by atoms with Crippen molar-refractivity contribution in [1.82, 2.24) is 24.0 Å². The van der Waals surface area contributed by atoms with E-state index in [1.54, 1.807) is 4.57 Å². The molecule has 0 saturated carbocycles. The van der Waals surface area contributed by atoms with Gasteiger partial charge < -0.3 is 9.88 Å². The lowest BCUT2D eigenvalue weighted by atomic mass is 9.96. The summed E-state index contributed by atoms with van der Waals surface area (Å²) in [7, 11) is 2.03. The summed E-state index contributed by atoms with van der Waals surface area (Å²) in [4.78, 5) is 35.6. The number of rotatable bonds is 6. The molecule has 0 atom stereocenters. The van der Waals surface area contributed by atoms with E-state index in [0.717, 1.165) is 12.2 Å². The number of aromatic amines is 1. The molecule has 0 aliphatic carbocycles. The van der Waals surface area contributed by atoms with Crippen LogP contribution in [0, 0.1) is 0 Å². The molecule has 0 amide bonds. The predicted molar refractivity (Wildman–Crippen MR) is 101 cm³/mol. The zero-order chi connectivity index (χ0) is 18.9. The van der Waals surface area contributed by atoms with Crippen molar-refractivity contribution in [3.8, 4) is 0 Å². The van der Waals surface area contributed by atoms with Gasteiger partial charge in [-0.3, -0.25) is 13.9 Å². The number of aromatic nitrogens is 4. The third kappa shape index (κ3) is 3.86. The fourth-order valence-electron chi connectivity index (χ4n) is 2.66. The molecule has 2 rings (SSSR count). The van der Waals surface area contributed by atoms with E-state index in [1.807, 2.05) is 34.7 Å². The number of H-pyrrole nitrogens is 1. The molecule has 140 valence electrons. The molecule has 1 N–H and O–H groups in total. The first kappa shape index (κ1) is 19.4. The molecule has 0 fully saturated rings. The van der Waals surface area contributed by atoms with Gasteiger partial charge in [0.15, 0.2) is 5.65 Å². The van der Waals surface area contributed by atoms with E-state index >= 15 is 0 Å². The van der Waals surface area contributed by atoms with Gasteiger partial charge in [0, 0.05) is 31.1 Å². The molecule has 0 radical (unpaired) electrons. The first-order valence-corrected chi connectivity index (χ1v) is 9.02. The minimum atomic E-state index is -0.279. The maximum atomic E-state index is 12.9. The van der Waals surface area contributed by atoms with Gasteiger partial charge in [-0.25, -0.2) is 9.78 Å². The van der Waals surface area contributed by atoms with Crippen LogP contribution in [-0.4, -0.2) is 43.6 Å². The topological polar surface area (TPSA) is 75.9 Å². The van der Waals surface area contributed by atoms with Gasteiger partial charge in [0.2, 0.25) is 0 Å². The average Bonchev–Trinajstić information content (AvgIpc) is 2.96. The van der Waals surface area contributed by atoms with Crippen LogP contribution >= 0.6 is 0 Å². The van der Waals surface area contributed by atoms with Crippen molar-refractivity contribution >= 4 is 11.2 Å². The Kier molecular flexibility index (Phi) is 5.56. The highest BCUT2D eigenvalue weighted by molar-refractivity contribution is 5.70. The van der Waals surface area contributed by atoms with Gasteiger partial charge in [0.25, 0.3) is 5.56 Å². The van der Waals surface area contributed by atoms with Crippen molar-refractivity contribution < 1.29 is 0 Å². The van der Waals surface area contributed by atoms with E-state index in [0.29, 0.717) is 36.8 Å². The van der Waals surface area contributed by atoms with Crippen LogP contribution in [0.5, 0.6) is 0 Å². The molecule has 0 saturated heterocycles. The summed E-state index contributed by atoms with van der Waals surface area (Å²) in [5.41, 5.74) is 0.104. The summed E-state index contributed by atoms with van der Waals surface area (Å²) < 4.78 is 2.96. The van der Waals surface area contributed by atoms with Crippen LogP contribution in [0.4, 0.5) is 0 Å². The molecule has 0 spiro atoms. The van der Waals surface area contributed by atoms with Gasteiger partial charge in [-0.2, -0.15) is 0 Å². The third-order valence-electron chi connectivity index (χ3n) is 4.58. The molecule has 0 bridgehead atoms. The molecule has 2 aromatic heterocycles. The Morgan fingerprint density at radius 3 is 2.32 bits per heavy atom. The highest BCUT2D eigenvalue weighted by Crippen LogP contribution is 2.20. The zero-order valence-corrected chi connectivity index (χ0v) is 16.5. The summed E-state index contributed by atoms with van der Waals surface area (Å²) in [6, 6.07) is 0.386. The lowest BCUT2D eigenvalue weighted by molar-refractivity contribution is 0.261. The SMILES string of the molecule is CCCn1c(=O)c2[nH]c(C(C)(C)C)nc2n(CCN(C)C(C)C)c1=O. The van der Waals surface area contributed by atoms with Crippen LogP contribution in [0.3, 0.4) is 0 Å². The van der Waals surface area contributed by atoms with Crippen molar-refractivity contribution in [2.24, 2.45) is 0 Å². The van der Waals surface area contributed by atoms with Crippen molar-refractivity contribution in [3.05, 3.63) is 26.7 Å². The second-order valence-electron chi connectivity index (χ2n) is 8.00. The first-order chi connectivity index (χ1) is 11.6. The fourth-order valence-corrected chi connectivity index (χ4v) is 2.66. The molecule has 0 aliphatic rings. The maximum Gasteiger partial charge on any atom is 0.332 e. The lowest BCUT2D eigenvalue weighted by Crippen LogP contribution is -2.42. The van der Waals surface area contributed by atoms with Gasteiger partial charge in [0.05, 0.1) is 0 Å². The quantitative estimate of drug-likeness (QED) is 0.865. The van der Waals surface area contributed by atoms with Gasteiger partial charge in [-0.1, -0.05) is 27.7 Å². The predicted octanol–water partition coefficient (Wildman–Crippen LogP) is 1.93. The Morgan fingerprint density at radius 2 is 1.80 bits per heavy atom. The second-order valence-corrected chi connectivity index (χ2v) is 8.00. The van der Waals surface area contributed by atoms with Crippen LogP contribution in [0.15, 0.2) is 9.59 Å². The van der Waals surface area contributed by atoms with E-state index in [9.17, 15) is 9.59 Å². The van der Waals surface area contributed by atoms with Gasteiger partial charge in [-0.15, -0.1) is 0 Å². The normalized spacial score (nSPS) is 12.7. The summed E-state index contributed by atoms with van der Waals surface area (Å²) in [6.45, 7) is 13.9. The molecular formula is C18H31N5O2. The number of fused-ring (bicyclic) bond motifs is 1. The number of nitrogens with one attached hydrogen (secondary N) is 1. The highest BCUT2D eigenvalue weighted by atomic mass is 16.2. The smallest absolute Gasteiger partial charge is 0.332 e. The second kappa shape index (κ2) is 7.15. The van der Waals surface area contributed by atoms with Gasteiger partial charge >= 0.3 is 5.69 Å². The molecule has 7 nitrogen and oxygen atoms in total. The van der Waals surface area contributed by atoms with Crippen LogP contribution in [0.25, 0.3) is 11.2 Å². The van der Waals surface area contributed by atoms with E-state index < -0.39 is 0 Å². The van der Waals surface area contributed by atoms with Crippen molar-refractivity contribution in [3.63, 3.8) is 0 Å². The van der Waals surface area contributed by atoms with Crippen LogP contribution in [0.2, 0.25) is 0 Å². The lowest BCUT2D eigenvalue weighted by Gasteiger charge is -2.21. The molecule has 2 heterocycles. The minimum Gasteiger partial charge on any atom is -0.336 e. The number of likely N-dealkylation sites (N-methyl/N-ethyl adjacent to an activating group) is 1. The first-order valence-electron chi connectivity index (χ1n) is 9.02. The van der Waals surface area contributed by atoms with E-state index in [4.69, 9.17) is 0 Å². The number of hydrogen-bond acceptors (Lipinski definition) is 4. The summed E-state index contributed by atoms with van der Waals surface area (Å²) in [5, 5.41) is 0. The Bertz CT molecular complexity index is 851. The van der Waals surface area contributed by atoms with Crippen molar-refractivity contribution in [2.75, 3.05) is 13.6 Å². The highest BCUT2D eigenvalue weighted by Gasteiger charge is 2.23. The number of nitrogens with zero attached hydrogens (tertiary/aromatic N) is 4. The standard InChI is InChI=1S/C18H31N5O2/c1-8-9-23-15(24)13-14(20-16(19-13)18(4,5)6)22(17(23)25)11-10-21(7)12(2)3/h12H,8-11H2,1-7H3,(H,19,20). The largest absolute Gasteiger partial charge is 0.336 e. The molecule has 0 unspecified atom stereocenters. The fraction of sp³-hybridized carbons (Fsp3) is 0.722. The summed E-state index contributed by atoms with van der Waals surface area (Å²) >= 11 is 0. The molecule has 25 heavy (non-hydrogen) atoms. The van der Waals surface area contributed by atoms with Crippen molar-refractivity contribution in [2.45, 2.75) is 72.5 Å². The monoisotopic (exact) mass is 349 g/mol. The van der Waals surface area contributed by atoms with Gasteiger partial charge in [-0.05, 0) is 27.3 Å². The number of imidazole rings is 1. The van der Waals surface area contributed by atoms with Crippen LogP contribution < -0.4 is 11.2 Å². The molecule has 0 aliphatic heterocycles.